The third-order valence-corrected chi connectivity index (χ3v) is 4.45. The molecule has 0 fully saturated rings. The SMILES string of the molecule is COC(=O)/C=C/C(O)CNC(=O)OCC1c2ccccc2-c2ccccc21. The molecule has 6 nitrogen and oxygen atoms in total. The highest BCUT2D eigenvalue weighted by Gasteiger charge is 2.28. The first-order chi connectivity index (χ1) is 13.1. The lowest BCUT2D eigenvalue weighted by Crippen LogP contribution is -2.32. The minimum Gasteiger partial charge on any atom is -0.466 e. The van der Waals surface area contributed by atoms with E-state index in [1.54, 1.807) is 0 Å². The van der Waals surface area contributed by atoms with Crippen molar-refractivity contribution in [3.05, 3.63) is 71.8 Å². The monoisotopic (exact) mass is 367 g/mol. The molecule has 1 aliphatic carbocycles. The van der Waals surface area contributed by atoms with Crippen LogP contribution in [0.1, 0.15) is 17.0 Å². The predicted molar refractivity (Wildman–Crippen MR) is 100 cm³/mol. The first-order valence-electron chi connectivity index (χ1n) is 8.63. The van der Waals surface area contributed by atoms with Gasteiger partial charge in [0.25, 0.3) is 0 Å². The summed E-state index contributed by atoms with van der Waals surface area (Å²) in [7, 11) is 1.24. The molecule has 0 heterocycles. The maximum atomic E-state index is 12.0. The summed E-state index contributed by atoms with van der Waals surface area (Å²) in [6.45, 7) is 0.137. The summed E-state index contributed by atoms with van der Waals surface area (Å²) in [5.74, 6) is -0.595. The van der Waals surface area contributed by atoms with Gasteiger partial charge in [-0.3, -0.25) is 0 Å². The van der Waals surface area contributed by atoms with E-state index in [1.165, 1.54) is 13.2 Å². The second-order valence-electron chi connectivity index (χ2n) is 6.16. The highest BCUT2D eigenvalue weighted by Crippen LogP contribution is 2.44. The molecule has 6 heteroatoms. The number of hydrogen-bond acceptors (Lipinski definition) is 5. The zero-order valence-corrected chi connectivity index (χ0v) is 14.9. The first-order valence-corrected chi connectivity index (χ1v) is 8.63. The summed E-state index contributed by atoms with van der Waals surface area (Å²) >= 11 is 0. The molecule has 1 aliphatic rings. The Morgan fingerprint density at radius 3 is 2.30 bits per heavy atom. The average Bonchev–Trinajstić information content (AvgIpc) is 3.02. The van der Waals surface area contributed by atoms with Gasteiger partial charge in [0.15, 0.2) is 0 Å². The minimum absolute atomic E-state index is 0.0210. The topological polar surface area (TPSA) is 84.9 Å². The number of ether oxygens (including phenoxy) is 2. The van der Waals surface area contributed by atoms with Gasteiger partial charge < -0.3 is 19.9 Å². The number of benzene rings is 2. The Morgan fingerprint density at radius 2 is 1.70 bits per heavy atom. The molecule has 0 radical (unpaired) electrons. The Bertz CT molecular complexity index is 816. The highest BCUT2D eigenvalue weighted by molar-refractivity contribution is 5.82. The minimum atomic E-state index is -1.01. The van der Waals surface area contributed by atoms with E-state index in [4.69, 9.17) is 4.74 Å². The van der Waals surface area contributed by atoms with Gasteiger partial charge in [0.05, 0.1) is 19.8 Å². The summed E-state index contributed by atoms with van der Waals surface area (Å²) in [4.78, 5) is 22.9. The largest absolute Gasteiger partial charge is 0.466 e. The molecule has 1 unspecified atom stereocenters. The summed E-state index contributed by atoms with van der Waals surface area (Å²) in [6, 6.07) is 16.2. The second kappa shape index (κ2) is 8.51. The molecule has 0 saturated heterocycles. The number of carbonyl (C=O) groups is 2. The van der Waals surface area contributed by atoms with E-state index in [0.717, 1.165) is 28.3 Å². The van der Waals surface area contributed by atoms with E-state index in [-0.39, 0.29) is 19.1 Å². The zero-order valence-electron chi connectivity index (χ0n) is 14.9. The fourth-order valence-corrected chi connectivity index (χ4v) is 3.16. The molecule has 0 spiro atoms. The van der Waals surface area contributed by atoms with E-state index in [2.05, 4.69) is 22.2 Å². The lowest BCUT2D eigenvalue weighted by atomic mass is 9.98. The van der Waals surface area contributed by atoms with Gasteiger partial charge in [-0.15, -0.1) is 0 Å². The first kappa shape index (κ1) is 18.7. The Labute approximate surface area is 157 Å². The van der Waals surface area contributed by atoms with Crippen molar-refractivity contribution in [2.75, 3.05) is 20.3 Å². The summed E-state index contributed by atoms with van der Waals surface area (Å²) in [5, 5.41) is 12.2. The van der Waals surface area contributed by atoms with E-state index in [9.17, 15) is 14.7 Å². The smallest absolute Gasteiger partial charge is 0.407 e. The Hall–Kier alpha value is -3.12. The van der Waals surface area contributed by atoms with Crippen LogP contribution in [0, 0.1) is 0 Å². The van der Waals surface area contributed by atoms with E-state index in [0.29, 0.717) is 0 Å². The van der Waals surface area contributed by atoms with Gasteiger partial charge in [-0.2, -0.15) is 0 Å². The van der Waals surface area contributed by atoms with Gasteiger partial charge >= 0.3 is 12.1 Å². The van der Waals surface area contributed by atoms with Gasteiger partial charge in [-0.1, -0.05) is 48.5 Å². The fraction of sp³-hybridized carbons (Fsp3) is 0.238. The fourth-order valence-electron chi connectivity index (χ4n) is 3.16. The number of hydrogen-bond donors (Lipinski definition) is 2. The van der Waals surface area contributed by atoms with Crippen molar-refractivity contribution in [1.82, 2.24) is 5.32 Å². The lowest BCUT2D eigenvalue weighted by Gasteiger charge is -2.15. The zero-order chi connectivity index (χ0) is 19.2. The molecule has 0 aromatic heterocycles. The highest BCUT2D eigenvalue weighted by atomic mass is 16.5. The Morgan fingerprint density at radius 1 is 1.11 bits per heavy atom. The molecule has 2 aromatic rings. The lowest BCUT2D eigenvalue weighted by molar-refractivity contribution is -0.134. The van der Waals surface area contributed by atoms with Crippen molar-refractivity contribution in [2.24, 2.45) is 0 Å². The summed E-state index contributed by atoms with van der Waals surface area (Å²) in [6.07, 6.45) is 0.714. The molecule has 2 aromatic carbocycles. The molecule has 0 aliphatic heterocycles. The maximum absolute atomic E-state index is 12.0. The van der Waals surface area contributed by atoms with Crippen LogP contribution in [0.15, 0.2) is 60.7 Å². The molecule has 0 saturated carbocycles. The van der Waals surface area contributed by atoms with Crippen LogP contribution in [-0.4, -0.2) is 43.5 Å². The number of rotatable bonds is 6. The third kappa shape index (κ3) is 4.35. The van der Waals surface area contributed by atoms with E-state index >= 15 is 0 Å². The second-order valence-corrected chi connectivity index (χ2v) is 6.16. The van der Waals surface area contributed by atoms with Crippen molar-refractivity contribution in [1.29, 1.82) is 0 Å². The van der Waals surface area contributed by atoms with Crippen LogP contribution < -0.4 is 5.32 Å². The number of amides is 1. The number of fused-ring (bicyclic) bond motifs is 3. The Kier molecular flexibility index (Phi) is 5.88. The molecule has 1 amide bonds. The molecule has 0 bridgehead atoms. The molecule has 140 valence electrons. The number of esters is 1. The number of methoxy groups -OCH3 is 1. The number of carbonyl (C=O) groups excluding carboxylic acids is 2. The molecule has 1 atom stereocenters. The summed E-state index contributed by atoms with van der Waals surface area (Å²) in [5.41, 5.74) is 4.58. The number of aliphatic hydroxyl groups is 1. The van der Waals surface area contributed by atoms with Crippen LogP contribution in [0.3, 0.4) is 0 Å². The van der Waals surface area contributed by atoms with Crippen molar-refractivity contribution in [3.63, 3.8) is 0 Å². The molecular formula is C21H21NO5. The van der Waals surface area contributed by atoms with Gasteiger partial charge in [0.2, 0.25) is 0 Å². The molecule has 3 rings (SSSR count). The molecule has 27 heavy (non-hydrogen) atoms. The molecular weight excluding hydrogens is 346 g/mol. The number of aliphatic hydroxyl groups excluding tert-OH is 1. The van der Waals surface area contributed by atoms with Crippen molar-refractivity contribution < 1.29 is 24.2 Å². The van der Waals surface area contributed by atoms with Crippen LogP contribution in [0.2, 0.25) is 0 Å². The molecule has 2 N–H and O–H groups in total. The predicted octanol–water partition coefficient (Wildman–Crippen LogP) is 2.62. The maximum Gasteiger partial charge on any atom is 0.407 e. The van der Waals surface area contributed by atoms with Crippen molar-refractivity contribution >= 4 is 12.1 Å². The quantitative estimate of drug-likeness (QED) is 0.606. The van der Waals surface area contributed by atoms with Crippen LogP contribution in [0.5, 0.6) is 0 Å². The van der Waals surface area contributed by atoms with Crippen molar-refractivity contribution in [2.45, 2.75) is 12.0 Å². The van der Waals surface area contributed by atoms with Crippen LogP contribution in [0.4, 0.5) is 4.79 Å². The van der Waals surface area contributed by atoms with Gasteiger partial charge in [-0.05, 0) is 28.3 Å². The van der Waals surface area contributed by atoms with Gasteiger partial charge in [-0.25, -0.2) is 9.59 Å². The van der Waals surface area contributed by atoms with E-state index < -0.39 is 18.2 Å². The van der Waals surface area contributed by atoms with Gasteiger partial charge in [0.1, 0.15) is 6.61 Å². The third-order valence-electron chi connectivity index (χ3n) is 4.45. The van der Waals surface area contributed by atoms with Crippen LogP contribution in [-0.2, 0) is 14.3 Å². The standard InChI is InChI=1S/C21H21NO5/c1-26-20(24)11-10-14(23)12-22-21(25)27-13-19-17-8-4-2-6-15(17)16-7-3-5-9-18(16)19/h2-11,14,19,23H,12-13H2,1H3,(H,22,25)/b11-10+. The Balaban J connectivity index is 1.56. The van der Waals surface area contributed by atoms with Crippen LogP contribution >= 0.6 is 0 Å². The normalized spacial score (nSPS) is 13.7. The van der Waals surface area contributed by atoms with Crippen molar-refractivity contribution in [3.8, 4) is 11.1 Å². The summed E-state index contributed by atoms with van der Waals surface area (Å²) < 4.78 is 9.79. The van der Waals surface area contributed by atoms with Crippen LogP contribution in [0.25, 0.3) is 11.1 Å². The van der Waals surface area contributed by atoms with E-state index in [1.807, 2.05) is 36.4 Å². The average molecular weight is 367 g/mol. The van der Waals surface area contributed by atoms with Gasteiger partial charge in [0, 0.05) is 12.0 Å². The number of alkyl carbamates (subject to hydrolysis) is 1. The number of nitrogens with one attached hydrogen (secondary N) is 1.